The van der Waals surface area contributed by atoms with Gasteiger partial charge in [0.1, 0.15) is 11.6 Å². The van der Waals surface area contributed by atoms with Crippen LogP contribution in [0.2, 0.25) is 0 Å². The van der Waals surface area contributed by atoms with Crippen LogP contribution in [-0.2, 0) is 19.5 Å². The van der Waals surface area contributed by atoms with Gasteiger partial charge >= 0.3 is 0 Å². The summed E-state index contributed by atoms with van der Waals surface area (Å²) in [5, 5.41) is 0. The van der Waals surface area contributed by atoms with Crippen molar-refractivity contribution in [3.63, 3.8) is 0 Å². The largest absolute Gasteiger partial charge is 0.357 e. The van der Waals surface area contributed by atoms with E-state index < -0.39 is 0 Å². The normalized spacial score (nSPS) is 18.5. The molecule has 126 valence electrons. The third-order valence-electron chi connectivity index (χ3n) is 5.03. The molecule has 24 heavy (non-hydrogen) atoms. The Kier molecular flexibility index (Phi) is 4.43. The summed E-state index contributed by atoms with van der Waals surface area (Å²) in [7, 11) is 0. The maximum absolute atomic E-state index is 4.70. The molecule has 0 aromatic carbocycles. The average molecular weight is 323 g/mol. The van der Waals surface area contributed by atoms with Gasteiger partial charge < -0.3 is 4.90 Å². The van der Waals surface area contributed by atoms with Gasteiger partial charge in [-0.1, -0.05) is 6.07 Å². The first kappa shape index (κ1) is 15.5. The van der Waals surface area contributed by atoms with E-state index in [1.807, 2.05) is 19.3 Å². The van der Waals surface area contributed by atoms with Crippen LogP contribution in [0.25, 0.3) is 0 Å². The third-order valence-corrected chi connectivity index (χ3v) is 5.03. The predicted molar refractivity (Wildman–Crippen MR) is 94.9 cm³/mol. The molecular formula is C19H25N5. The number of hydrogen-bond donors (Lipinski definition) is 0. The molecule has 5 heteroatoms. The smallest absolute Gasteiger partial charge is 0.128 e. The van der Waals surface area contributed by atoms with Gasteiger partial charge in [0.15, 0.2) is 0 Å². The summed E-state index contributed by atoms with van der Waals surface area (Å²) in [6, 6.07) is 4.42. The number of fused-ring (bicyclic) bond motifs is 1. The van der Waals surface area contributed by atoms with Gasteiger partial charge in [0.2, 0.25) is 0 Å². The SMILES string of the molecule is Cc1ncc2c(n1)CCN(Cc1ccc(N3CCCCC3)nc1)C2. The summed E-state index contributed by atoms with van der Waals surface area (Å²) in [6.07, 6.45) is 8.98. The zero-order chi connectivity index (χ0) is 16.4. The Morgan fingerprint density at radius 3 is 2.67 bits per heavy atom. The van der Waals surface area contributed by atoms with Crippen molar-refractivity contribution < 1.29 is 0 Å². The first-order chi connectivity index (χ1) is 11.8. The van der Waals surface area contributed by atoms with Crippen molar-refractivity contribution in [2.24, 2.45) is 0 Å². The molecule has 2 aromatic rings. The van der Waals surface area contributed by atoms with Crippen LogP contribution in [0.5, 0.6) is 0 Å². The highest BCUT2D eigenvalue weighted by Gasteiger charge is 2.18. The summed E-state index contributed by atoms with van der Waals surface area (Å²) < 4.78 is 0. The standard InChI is InChI=1S/C19H25N5/c1-15-20-12-17-14-23(10-7-18(17)22-15)13-16-5-6-19(21-11-16)24-8-3-2-4-9-24/h5-6,11-12H,2-4,7-10,13-14H2,1H3. The van der Waals surface area contributed by atoms with Gasteiger partial charge in [-0.05, 0) is 37.8 Å². The quantitative estimate of drug-likeness (QED) is 0.869. The van der Waals surface area contributed by atoms with Crippen LogP contribution in [0.3, 0.4) is 0 Å². The second kappa shape index (κ2) is 6.85. The van der Waals surface area contributed by atoms with Crippen LogP contribution in [0.4, 0.5) is 5.82 Å². The Morgan fingerprint density at radius 1 is 1.00 bits per heavy atom. The van der Waals surface area contributed by atoms with Crippen molar-refractivity contribution >= 4 is 5.82 Å². The topological polar surface area (TPSA) is 45.2 Å². The molecule has 2 aliphatic heterocycles. The van der Waals surface area contributed by atoms with Gasteiger partial charge in [-0.25, -0.2) is 15.0 Å². The van der Waals surface area contributed by atoms with Crippen molar-refractivity contribution in [2.45, 2.75) is 45.7 Å². The Balaban J connectivity index is 1.40. The molecule has 0 radical (unpaired) electrons. The lowest BCUT2D eigenvalue weighted by molar-refractivity contribution is 0.242. The number of rotatable bonds is 3. The molecule has 0 saturated carbocycles. The van der Waals surface area contributed by atoms with Gasteiger partial charge in [-0.3, -0.25) is 4.90 Å². The lowest BCUT2D eigenvalue weighted by Crippen LogP contribution is -2.31. The number of piperidine rings is 1. The number of hydrogen-bond acceptors (Lipinski definition) is 5. The Morgan fingerprint density at radius 2 is 1.88 bits per heavy atom. The zero-order valence-corrected chi connectivity index (χ0v) is 14.4. The number of aryl methyl sites for hydroxylation is 1. The third kappa shape index (κ3) is 3.41. The highest BCUT2D eigenvalue weighted by atomic mass is 15.2. The van der Waals surface area contributed by atoms with Crippen LogP contribution < -0.4 is 4.90 Å². The van der Waals surface area contributed by atoms with Gasteiger partial charge in [0.25, 0.3) is 0 Å². The van der Waals surface area contributed by atoms with Crippen LogP contribution >= 0.6 is 0 Å². The second-order valence-electron chi connectivity index (χ2n) is 6.92. The second-order valence-corrected chi connectivity index (χ2v) is 6.92. The molecular weight excluding hydrogens is 298 g/mol. The van der Waals surface area contributed by atoms with E-state index in [0.717, 1.165) is 50.8 Å². The number of pyridine rings is 1. The Hall–Kier alpha value is -2.01. The molecule has 0 amide bonds. The molecule has 1 saturated heterocycles. The minimum Gasteiger partial charge on any atom is -0.357 e. The van der Waals surface area contributed by atoms with Crippen molar-refractivity contribution in [2.75, 3.05) is 24.5 Å². The molecule has 0 unspecified atom stereocenters. The van der Waals surface area contributed by atoms with E-state index in [0.29, 0.717) is 0 Å². The Bertz CT molecular complexity index is 691. The first-order valence-corrected chi connectivity index (χ1v) is 9.01. The van der Waals surface area contributed by atoms with Crippen LogP contribution in [0.15, 0.2) is 24.5 Å². The van der Waals surface area contributed by atoms with E-state index in [-0.39, 0.29) is 0 Å². The summed E-state index contributed by atoms with van der Waals surface area (Å²) >= 11 is 0. The Labute approximate surface area is 143 Å². The molecule has 0 N–H and O–H groups in total. The molecule has 5 nitrogen and oxygen atoms in total. The summed E-state index contributed by atoms with van der Waals surface area (Å²) in [6.45, 7) is 7.19. The highest BCUT2D eigenvalue weighted by Crippen LogP contribution is 2.20. The van der Waals surface area contributed by atoms with E-state index in [1.54, 1.807) is 0 Å². The van der Waals surface area contributed by atoms with Crippen molar-refractivity contribution in [1.29, 1.82) is 0 Å². The van der Waals surface area contributed by atoms with Crippen LogP contribution in [-0.4, -0.2) is 39.5 Å². The molecule has 0 atom stereocenters. The van der Waals surface area contributed by atoms with E-state index in [4.69, 9.17) is 4.98 Å². The zero-order valence-electron chi connectivity index (χ0n) is 14.4. The molecule has 2 aliphatic rings. The molecule has 4 rings (SSSR count). The van der Waals surface area contributed by atoms with E-state index >= 15 is 0 Å². The predicted octanol–water partition coefficient (Wildman–Crippen LogP) is 2.73. The molecule has 0 aliphatic carbocycles. The minimum absolute atomic E-state index is 0.875. The van der Waals surface area contributed by atoms with Gasteiger partial charge in [-0.15, -0.1) is 0 Å². The fourth-order valence-electron chi connectivity index (χ4n) is 3.69. The van der Waals surface area contributed by atoms with Gasteiger partial charge in [0.05, 0.1) is 0 Å². The monoisotopic (exact) mass is 323 g/mol. The van der Waals surface area contributed by atoms with Crippen molar-refractivity contribution in [1.82, 2.24) is 19.9 Å². The number of aromatic nitrogens is 3. The molecule has 0 bridgehead atoms. The maximum atomic E-state index is 4.70. The number of nitrogens with zero attached hydrogens (tertiary/aromatic N) is 5. The minimum atomic E-state index is 0.875. The fourth-order valence-corrected chi connectivity index (χ4v) is 3.69. The van der Waals surface area contributed by atoms with Gasteiger partial charge in [0, 0.05) is 62.8 Å². The lowest BCUT2D eigenvalue weighted by Gasteiger charge is -2.29. The van der Waals surface area contributed by atoms with E-state index in [9.17, 15) is 0 Å². The average Bonchev–Trinajstić information content (AvgIpc) is 2.63. The van der Waals surface area contributed by atoms with Crippen molar-refractivity contribution in [3.05, 3.63) is 47.2 Å². The van der Waals surface area contributed by atoms with E-state index in [1.165, 1.54) is 36.1 Å². The summed E-state index contributed by atoms with van der Waals surface area (Å²) in [4.78, 5) is 18.5. The van der Waals surface area contributed by atoms with E-state index in [2.05, 4.69) is 31.9 Å². The fraction of sp³-hybridized carbons (Fsp3) is 0.526. The summed E-state index contributed by atoms with van der Waals surface area (Å²) in [5.41, 5.74) is 3.77. The lowest BCUT2D eigenvalue weighted by atomic mass is 10.1. The van der Waals surface area contributed by atoms with Gasteiger partial charge in [-0.2, -0.15) is 0 Å². The summed E-state index contributed by atoms with van der Waals surface area (Å²) in [5.74, 6) is 2.01. The molecule has 2 aromatic heterocycles. The molecule has 4 heterocycles. The maximum Gasteiger partial charge on any atom is 0.128 e. The van der Waals surface area contributed by atoms with Crippen LogP contribution in [0.1, 0.15) is 41.9 Å². The highest BCUT2D eigenvalue weighted by molar-refractivity contribution is 5.39. The molecule has 1 fully saturated rings. The molecule has 0 spiro atoms. The van der Waals surface area contributed by atoms with Crippen LogP contribution in [0, 0.1) is 6.92 Å². The first-order valence-electron chi connectivity index (χ1n) is 9.01. The number of anilines is 1. The van der Waals surface area contributed by atoms with Crippen molar-refractivity contribution in [3.8, 4) is 0 Å².